The van der Waals surface area contributed by atoms with Crippen LogP contribution in [0.15, 0.2) is 29.0 Å². The van der Waals surface area contributed by atoms with Crippen molar-refractivity contribution < 1.29 is 4.52 Å². The topological polar surface area (TPSA) is 29.3 Å². The Morgan fingerprint density at radius 2 is 2.10 bits per heavy atom. The summed E-state index contributed by atoms with van der Waals surface area (Å²) in [6, 6.07) is 6.84. The van der Waals surface area contributed by atoms with Crippen LogP contribution in [0.25, 0.3) is 0 Å². The third-order valence-electron chi connectivity index (χ3n) is 4.63. The summed E-state index contributed by atoms with van der Waals surface area (Å²) in [5, 5.41) is 4.37. The summed E-state index contributed by atoms with van der Waals surface area (Å²) in [6.07, 6.45) is 5.39. The molecule has 1 aliphatic carbocycles. The van der Waals surface area contributed by atoms with E-state index in [0.717, 1.165) is 25.2 Å². The highest BCUT2D eigenvalue weighted by Gasteiger charge is 2.28. The lowest BCUT2D eigenvalue weighted by atomic mass is 9.80. The average molecular weight is 284 g/mol. The predicted octanol–water partition coefficient (Wildman–Crippen LogP) is 4.30. The standard InChI is InChI=1S/C18H24N2O/c1-4-20(5-2)17-12-21-19-18(17)15-8-6-7-14-10-9-13(3)11-16(14)15/h9-12,15H,4-8H2,1-3H3. The lowest BCUT2D eigenvalue weighted by Gasteiger charge is -2.27. The van der Waals surface area contributed by atoms with Crippen molar-refractivity contribution in [2.24, 2.45) is 0 Å². The summed E-state index contributed by atoms with van der Waals surface area (Å²) in [7, 11) is 0. The zero-order valence-corrected chi connectivity index (χ0v) is 13.2. The third kappa shape index (κ3) is 2.57. The Balaban J connectivity index is 2.03. The molecule has 1 aromatic carbocycles. The highest BCUT2D eigenvalue weighted by atomic mass is 16.5. The van der Waals surface area contributed by atoms with Gasteiger partial charge in [0.2, 0.25) is 0 Å². The molecule has 0 saturated carbocycles. The van der Waals surface area contributed by atoms with E-state index in [1.165, 1.54) is 35.2 Å². The van der Waals surface area contributed by atoms with Crippen LogP contribution in [0.2, 0.25) is 0 Å². The fourth-order valence-electron chi connectivity index (χ4n) is 3.49. The summed E-state index contributed by atoms with van der Waals surface area (Å²) in [4.78, 5) is 2.33. The van der Waals surface area contributed by atoms with Gasteiger partial charge in [-0.2, -0.15) is 0 Å². The molecule has 21 heavy (non-hydrogen) atoms. The van der Waals surface area contributed by atoms with E-state index in [-0.39, 0.29) is 0 Å². The maximum atomic E-state index is 5.34. The van der Waals surface area contributed by atoms with Crippen molar-refractivity contribution in [3.05, 3.63) is 46.8 Å². The van der Waals surface area contributed by atoms with Crippen LogP contribution >= 0.6 is 0 Å². The Morgan fingerprint density at radius 3 is 2.86 bits per heavy atom. The maximum absolute atomic E-state index is 5.34. The van der Waals surface area contributed by atoms with Gasteiger partial charge in [-0.25, -0.2) is 0 Å². The fourth-order valence-corrected chi connectivity index (χ4v) is 3.49. The Kier molecular flexibility index (Phi) is 4.00. The molecule has 0 amide bonds. The molecule has 3 heteroatoms. The molecular weight excluding hydrogens is 260 g/mol. The monoisotopic (exact) mass is 284 g/mol. The van der Waals surface area contributed by atoms with Gasteiger partial charge in [-0.15, -0.1) is 0 Å². The smallest absolute Gasteiger partial charge is 0.147 e. The highest BCUT2D eigenvalue weighted by Crippen LogP contribution is 2.40. The van der Waals surface area contributed by atoms with Crippen LogP contribution in [-0.4, -0.2) is 18.2 Å². The first kappa shape index (κ1) is 14.2. The fraction of sp³-hybridized carbons (Fsp3) is 0.500. The van der Waals surface area contributed by atoms with Crippen molar-refractivity contribution in [2.75, 3.05) is 18.0 Å². The van der Waals surface area contributed by atoms with Gasteiger partial charge in [0.05, 0.1) is 0 Å². The largest absolute Gasteiger partial charge is 0.368 e. The van der Waals surface area contributed by atoms with E-state index in [0.29, 0.717) is 5.92 Å². The van der Waals surface area contributed by atoms with Gasteiger partial charge in [-0.3, -0.25) is 0 Å². The molecular formula is C18H24N2O. The van der Waals surface area contributed by atoms with Crippen LogP contribution in [-0.2, 0) is 6.42 Å². The molecule has 0 fully saturated rings. The molecule has 0 radical (unpaired) electrons. The van der Waals surface area contributed by atoms with Gasteiger partial charge in [-0.1, -0.05) is 28.9 Å². The second-order valence-electron chi connectivity index (χ2n) is 5.90. The van der Waals surface area contributed by atoms with Gasteiger partial charge in [0.1, 0.15) is 17.6 Å². The second-order valence-corrected chi connectivity index (χ2v) is 5.90. The molecule has 0 bridgehead atoms. The normalized spacial score (nSPS) is 17.6. The lowest BCUT2D eigenvalue weighted by molar-refractivity contribution is 0.404. The molecule has 1 atom stereocenters. The molecule has 3 rings (SSSR count). The Labute approximate surface area is 126 Å². The first-order valence-electron chi connectivity index (χ1n) is 8.03. The van der Waals surface area contributed by atoms with Crippen LogP contribution in [0.5, 0.6) is 0 Å². The van der Waals surface area contributed by atoms with Crippen molar-refractivity contribution in [2.45, 2.75) is 46.0 Å². The molecule has 1 unspecified atom stereocenters. The van der Waals surface area contributed by atoms with Crippen molar-refractivity contribution in [1.29, 1.82) is 0 Å². The number of rotatable bonds is 4. The van der Waals surface area contributed by atoms with E-state index >= 15 is 0 Å². The minimum absolute atomic E-state index is 0.378. The average Bonchev–Trinajstić information content (AvgIpc) is 2.97. The minimum atomic E-state index is 0.378. The number of hydrogen-bond acceptors (Lipinski definition) is 3. The maximum Gasteiger partial charge on any atom is 0.147 e. The van der Waals surface area contributed by atoms with Gasteiger partial charge in [0.15, 0.2) is 0 Å². The Bertz CT molecular complexity index is 613. The van der Waals surface area contributed by atoms with E-state index in [9.17, 15) is 0 Å². The summed E-state index contributed by atoms with van der Waals surface area (Å²) in [6.45, 7) is 8.49. The van der Waals surface area contributed by atoms with Crippen LogP contribution in [0.3, 0.4) is 0 Å². The van der Waals surface area contributed by atoms with E-state index in [2.05, 4.69) is 49.0 Å². The first-order chi connectivity index (χ1) is 10.2. The van der Waals surface area contributed by atoms with E-state index in [4.69, 9.17) is 4.52 Å². The zero-order valence-electron chi connectivity index (χ0n) is 13.2. The van der Waals surface area contributed by atoms with E-state index in [1.54, 1.807) is 0 Å². The number of anilines is 1. The highest BCUT2D eigenvalue weighted by molar-refractivity contribution is 5.54. The summed E-state index contributed by atoms with van der Waals surface area (Å²) < 4.78 is 5.34. The zero-order chi connectivity index (χ0) is 14.8. The van der Waals surface area contributed by atoms with Gasteiger partial charge >= 0.3 is 0 Å². The molecule has 0 aliphatic heterocycles. The SMILES string of the molecule is CCN(CC)c1conc1C1CCCc2ccc(C)cc21. The van der Waals surface area contributed by atoms with E-state index in [1.807, 2.05) is 6.26 Å². The van der Waals surface area contributed by atoms with Crippen molar-refractivity contribution in [3.8, 4) is 0 Å². The number of aromatic nitrogens is 1. The van der Waals surface area contributed by atoms with Gasteiger partial charge in [-0.05, 0) is 51.2 Å². The predicted molar refractivity (Wildman–Crippen MR) is 86.0 cm³/mol. The van der Waals surface area contributed by atoms with Crippen molar-refractivity contribution in [3.63, 3.8) is 0 Å². The number of nitrogens with zero attached hydrogens (tertiary/aromatic N) is 2. The van der Waals surface area contributed by atoms with Crippen molar-refractivity contribution in [1.82, 2.24) is 5.16 Å². The molecule has 1 heterocycles. The summed E-state index contributed by atoms with van der Waals surface area (Å²) in [5.74, 6) is 0.378. The molecule has 3 nitrogen and oxygen atoms in total. The van der Waals surface area contributed by atoms with Crippen LogP contribution in [0.1, 0.15) is 55.0 Å². The first-order valence-corrected chi connectivity index (χ1v) is 8.03. The van der Waals surface area contributed by atoms with Crippen LogP contribution in [0, 0.1) is 6.92 Å². The molecule has 0 N–H and O–H groups in total. The second kappa shape index (κ2) is 5.92. The summed E-state index contributed by atoms with van der Waals surface area (Å²) >= 11 is 0. The van der Waals surface area contributed by atoms with Gasteiger partial charge in [0, 0.05) is 19.0 Å². The minimum Gasteiger partial charge on any atom is -0.368 e. The van der Waals surface area contributed by atoms with Crippen LogP contribution in [0.4, 0.5) is 5.69 Å². The molecule has 0 saturated heterocycles. The quantitative estimate of drug-likeness (QED) is 0.838. The van der Waals surface area contributed by atoms with Gasteiger partial charge < -0.3 is 9.42 Å². The molecule has 2 aromatic rings. The summed E-state index contributed by atoms with van der Waals surface area (Å²) in [5.41, 5.74) is 6.53. The molecule has 1 aliphatic rings. The number of fused-ring (bicyclic) bond motifs is 1. The number of benzene rings is 1. The van der Waals surface area contributed by atoms with E-state index < -0.39 is 0 Å². The van der Waals surface area contributed by atoms with Gasteiger partial charge in [0.25, 0.3) is 0 Å². The third-order valence-corrected chi connectivity index (χ3v) is 4.63. The Morgan fingerprint density at radius 1 is 1.29 bits per heavy atom. The van der Waals surface area contributed by atoms with Crippen LogP contribution < -0.4 is 4.90 Å². The molecule has 1 aromatic heterocycles. The lowest BCUT2D eigenvalue weighted by Crippen LogP contribution is -2.24. The molecule has 0 spiro atoms. The van der Waals surface area contributed by atoms with Crippen molar-refractivity contribution >= 4 is 5.69 Å². The Hall–Kier alpha value is -1.77. The number of hydrogen-bond donors (Lipinski definition) is 0. The number of aryl methyl sites for hydroxylation is 2. The molecule has 112 valence electrons.